The Labute approximate surface area is 80.5 Å². The molecule has 76 valence electrons. The van der Waals surface area contributed by atoms with Crippen molar-refractivity contribution in [1.29, 1.82) is 0 Å². The van der Waals surface area contributed by atoms with Crippen LogP contribution in [0.15, 0.2) is 12.1 Å². The van der Waals surface area contributed by atoms with Gasteiger partial charge < -0.3 is 4.74 Å². The zero-order valence-corrected chi connectivity index (χ0v) is 7.93. The summed E-state index contributed by atoms with van der Waals surface area (Å²) in [6.07, 6.45) is -0.177. The minimum atomic E-state index is -0.685. The van der Waals surface area contributed by atoms with E-state index in [4.69, 9.17) is 0 Å². The third kappa shape index (κ3) is 2.07. The van der Waals surface area contributed by atoms with Crippen molar-refractivity contribution in [3.8, 4) is 0 Å². The van der Waals surface area contributed by atoms with E-state index in [1.54, 1.807) is 0 Å². The van der Waals surface area contributed by atoms with E-state index >= 15 is 0 Å². The van der Waals surface area contributed by atoms with Gasteiger partial charge in [0.25, 0.3) is 0 Å². The first kappa shape index (κ1) is 10.6. The summed E-state index contributed by atoms with van der Waals surface area (Å²) >= 11 is 0. The molecular weight excluding hydrogens is 190 g/mol. The van der Waals surface area contributed by atoms with Crippen molar-refractivity contribution in [2.75, 3.05) is 7.11 Å². The Hall–Kier alpha value is -1.45. The Morgan fingerprint density at radius 3 is 2.64 bits per heavy atom. The average Bonchev–Trinajstić information content (AvgIpc) is 2.19. The summed E-state index contributed by atoms with van der Waals surface area (Å²) in [4.78, 5) is 10.8. The van der Waals surface area contributed by atoms with Crippen LogP contribution < -0.4 is 0 Å². The van der Waals surface area contributed by atoms with E-state index in [-0.39, 0.29) is 17.5 Å². The van der Waals surface area contributed by atoms with Crippen molar-refractivity contribution in [2.45, 2.75) is 13.3 Å². The summed E-state index contributed by atoms with van der Waals surface area (Å²) < 4.78 is 30.5. The molecule has 0 bridgehead atoms. The molecule has 0 aromatic heterocycles. The van der Waals surface area contributed by atoms with Crippen LogP contribution in [0, 0.1) is 18.6 Å². The molecule has 4 heteroatoms. The molecule has 2 nitrogen and oxygen atoms in total. The van der Waals surface area contributed by atoms with E-state index in [9.17, 15) is 13.6 Å². The molecule has 1 aromatic carbocycles. The largest absolute Gasteiger partial charge is 0.469 e. The lowest BCUT2D eigenvalue weighted by atomic mass is 10.1. The first-order valence-electron chi connectivity index (χ1n) is 4.06. The molecule has 0 saturated heterocycles. The second-order valence-corrected chi connectivity index (χ2v) is 2.90. The number of hydrogen-bond acceptors (Lipinski definition) is 2. The van der Waals surface area contributed by atoms with Crippen LogP contribution in [0.1, 0.15) is 11.1 Å². The zero-order chi connectivity index (χ0) is 10.7. The maximum atomic E-state index is 13.3. The number of hydrogen-bond donors (Lipinski definition) is 0. The third-order valence-corrected chi connectivity index (χ3v) is 1.96. The Bertz CT molecular complexity index is 361. The van der Waals surface area contributed by atoms with Crippen LogP contribution in [0.2, 0.25) is 0 Å². The van der Waals surface area contributed by atoms with Crippen molar-refractivity contribution >= 4 is 5.97 Å². The number of carbonyl (C=O) groups excluding carboxylic acids is 1. The van der Waals surface area contributed by atoms with Gasteiger partial charge in [0.2, 0.25) is 0 Å². The third-order valence-electron chi connectivity index (χ3n) is 1.96. The number of halogens is 2. The number of benzene rings is 1. The van der Waals surface area contributed by atoms with E-state index in [0.717, 1.165) is 6.07 Å². The van der Waals surface area contributed by atoms with Crippen LogP contribution in [-0.2, 0) is 16.0 Å². The highest BCUT2D eigenvalue weighted by atomic mass is 19.1. The quantitative estimate of drug-likeness (QED) is 0.682. The van der Waals surface area contributed by atoms with Gasteiger partial charge in [0.15, 0.2) is 0 Å². The Balaban J connectivity index is 3.00. The lowest BCUT2D eigenvalue weighted by Gasteiger charge is -2.04. The molecule has 14 heavy (non-hydrogen) atoms. The van der Waals surface area contributed by atoms with Gasteiger partial charge in [-0.15, -0.1) is 0 Å². The van der Waals surface area contributed by atoms with Gasteiger partial charge in [-0.05, 0) is 18.6 Å². The number of carbonyl (C=O) groups is 1. The summed E-state index contributed by atoms with van der Waals surface area (Å²) in [6, 6.07) is 2.38. The van der Waals surface area contributed by atoms with Crippen LogP contribution >= 0.6 is 0 Å². The monoisotopic (exact) mass is 200 g/mol. The molecule has 1 aromatic rings. The molecule has 0 aliphatic carbocycles. The van der Waals surface area contributed by atoms with Gasteiger partial charge in [-0.25, -0.2) is 8.78 Å². The molecule has 0 heterocycles. The van der Waals surface area contributed by atoms with Gasteiger partial charge in [0.05, 0.1) is 13.5 Å². The van der Waals surface area contributed by atoms with E-state index in [1.807, 2.05) is 0 Å². The minimum absolute atomic E-state index is 0.0774. The fourth-order valence-electron chi connectivity index (χ4n) is 1.08. The van der Waals surface area contributed by atoms with Crippen LogP contribution in [0.3, 0.4) is 0 Å². The van der Waals surface area contributed by atoms with Gasteiger partial charge in [-0.1, -0.05) is 6.07 Å². The van der Waals surface area contributed by atoms with Gasteiger partial charge in [-0.3, -0.25) is 4.79 Å². The normalized spacial score (nSPS) is 10.0. The van der Waals surface area contributed by atoms with E-state index < -0.39 is 17.6 Å². The number of methoxy groups -OCH3 is 1. The number of esters is 1. The second kappa shape index (κ2) is 4.17. The smallest absolute Gasteiger partial charge is 0.310 e. The first-order chi connectivity index (χ1) is 6.56. The summed E-state index contributed by atoms with van der Waals surface area (Å²) in [5.74, 6) is -1.85. The summed E-state index contributed by atoms with van der Waals surface area (Å²) in [5, 5.41) is 0. The fourth-order valence-corrected chi connectivity index (χ4v) is 1.08. The maximum absolute atomic E-state index is 13.3. The SMILES string of the molecule is COC(=O)Cc1ccc(F)c(C)c1F. The van der Waals surface area contributed by atoms with Gasteiger partial charge in [0.1, 0.15) is 11.6 Å². The van der Waals surface area contributed by atoms with Gasteiger partial charge >= 0.3 is 5.97 Å². The lowest BCUT2D eigenvalue weighted by molar-refractivity contribution is -0.139. The average molecular weight is 200 g/mol. The molecule has 0 N–H and O–H groups in total. The van der Waals surface area contributed by atoms with E-state index in [1.165, 1.54) is 20.1 Å². The van der Waals surface area contributed by atoms with E-state index in [2.05, 4.69) is 4.74 Å². The maximum Gasteiger partial charge on any atom is 0.310 e. The fraction of sp³-hybridized carbons (Fsp3) is 0.300. The van der Waals surface area contributed by atoms with Crippen LogP contribution in [0.4, 0.5) is 8.78 Å². The molecule has 0 atom stereocenters. The topological polar surface area (TPSA) is 26.3 Å². The van der Waals surface area contributed by atoms with Crippen LogP contribution in [0.5, 0.6) is 0 Å². The molecule has 0 spiro atoms. The Morgan fingerprint density at radius 2 is 2.07 bits per heavy atom. The highest BCUT2D eigenvalue weighted by Gasteiger charge is 2.12. The second-order valence-electron chi connectivity index (χ2n) is 2.90. The Kier molecular flexibility index (Phi) is 3.17. The molecule has 0 unspecified atom stereocenters. The van der Waals surface area contributed by atoms with E-state index in [0.29, 0.717) is 0 Å². The molecule has 0 radical (unpaired) electrons. The van der Waals surface area contributed by atoms with Crippen molar-refractivity contribution in [2.24, 2.45) is 0 Å². The van der Waals surface area contributed by atoms with Gasteiger partial charge in [-0.2, -0.15) is 0 Å². The molecule has 1 rings (SSSR count). The van der Waals surface area contributed by atoms with Crippen molar-refractivity contribution in [1.82, 2.24) is 0 Å². The first-order valence-corrected chi connectivity index (χ1v) is 4.06. The zero-order valence-electron chi connectivity index (χ0n) is 7.93. The van der Waals surface area contributed by atoms with Crippen LogP contribution in [0.25, 0.3) is 0 Å². The van der Waals surface area contributed by atoms with Crippen molar-refractivity contribution < 1.29 is 18.3 Å². The minimum Gasteiger partial charge on any atom is -0.469 e. The van der Waals surface area contributed by atoms with Crippen molar-refractivity contribution in [3.05, 3.63) is 34.9 Å². The summed E-state index contributed by atoms with van der Waals surface area (Å²) in [6.45, 7) is 1.32. The summed E-state index contributed by atoms with van der Waals surface area (Å²) in [5.41, 5.74) is 0.0714. The summed E-state index contributed by atoms with van der Waals surface area (Å²) in [7, 11) is 1.22. The van der Waals surface area contributed by atoms with Crippen LogP contribution in [-0.4, -0.2) is 13.1 Å². The molecule has 0 aliphatic rings. The molecule has 0 aliphatic heterocycles. The number of ether oxygens (including phenoxy) is 1. The van der Waals surface area contributed by atoms with Crippen molar-refractivity contribution in [3.63, 3.8) is 0 Å². The lowest BCUT2D eigenvalue weighted by Crippen LogP contribution is -2.07. The Morgan fingerprint density at radius 1 is 1.43 bits per heavy atom. The highest BCUT2D eigenvalue weighted by Crippen LogP contribution is 2.16. The predicted molar refractivity (Wildman–Crippen MR) is 46.8 cm³/mol. The molecular formula is C10H10F2O2. The molecule has 0 fully saturated rings. The highest BCUT2D eigenvalue weighted by molar-refractivity contribution is 5.72. The molecule has 0 saturated carbocycles. The standard InChI is InChI=1S/C10H10F2O2/c1-6-8(11)4-3-7(10(6)12)5-9(13)14-2/h3-4H,5H2,1-2H3. The predicted octanol–water partition coefficient (Wildman–Crippen LogP) is 1.99. The molecule has 0 amide bonds. The number of rotatable bonds is 2. The van der Waals surface area contributed by atoms with Gasteiger partial charge in [0, 0.05) is 5.56 Å².